The molecule has 0 spiro atoms. The summed E-state index contributed by atoms with van der Waals surface area (Å²) in [6.45, 7) is 6.60. The quantitative estimate of drug-likeness (QED) is 0.241. The van der Waals surface area contributed by atoms with Crippen molar-refractivity contribution >= 4 is 33.6 Å². The lowest BCUT2D eigenvalue weighted by Crippen LogP contribution is -2.14. The van der Waals surface area contributed by atoms with Gasteiger partial charge in [0, 0.05) is 15.9 Å². The molecule has 0 aliphatic heterocycles. The van der Waals surface area contributed by atoms with Crippen molar-refractivity contribution in [2.45, 2.75) is 46.0 Å². The van der Waals surface area contributed by atoms with Gasteiger partial charge < -0.3 is 9.47 Å². The minimum atomic E-state index is -0.271. The number of methoxy groups -OCH3 is 1. The second-order valence-electron chi connectivity index (χ2n) is 9.08. The number of hydrogen-bond donors (Lipinski definition) is 0. The summed E-state index contributed by atoms with van der Waals surface area (Å²) in [5.41, 5.74) is 6.23. The summed E-state index contributed by atoms with van der Waals surface area (Å²) in [5, 5.41) is 2.88. The first-order valence-electron chi connectivity index (χ1n) is 12.3. The van der Waals surface area contributed by atoms with Crippen molar-refractivity contribution in [1.29, 1.82) is 0 Å². The SMILES string of the molecule is CCOC(=O)c1c(/N=c2\scc(-c3ccc(C(C)C)cc3)n2-c2ccc(OC)cc2)sc2c1CCC2. The summed E-state index contributed by atoms with van der Waals surface area (Å²) < 4.78 is 13.0. The van der Waals surface area contributed by atoms with Crippen LogP contribution in [0.4, 0.5) is 5.00 Å². The largest absolute Gasteiger partial charge is 0.497 e. The average Bonchev–Trinajstić information content (AvgIpc) is 3.59. The molecule has 5 rings (SSSR count). The van der Waals surface area contributed by atoms with Gasteiger partial charge >= 0.3 is 5.97 Å². The van der Waals surface area contributed by atoms with Crippen molar-refractivity contribution in [2.75, 3.05) is 13.7 Å². The van der Waals surface area contributed by atoms with E-state index in [9.17, 15) is 4.79 Å². The summed E-state index contributed by atoms with van der Waals surface area (Å²) in [5.74, 6) is 1.01. The molecular weight excluding hydrogens is 488 g/mol. The summed E-state index contributed by atoms with van der Waals surface area (Å²) in [6, 6.07) is 16.7. The van der Waals surface area contributed by atoms with E-state index >= 15 is 0 Å². The number of aryl methyl sites for hydroxylation is 1. The molecule has 1 aliphatic carbocycles. The number of benzene rings is 2. The molecule has 186 valence electrons. The molecule has 0 atom stereocenters. The molecule has 0 N–H and O–H groups in total. The molecule has 0 amide bonds. The zero-order valence-electron chi connectivity index (χ0n) is 21.0. The van der Waals surface area contributed by atoms with E-state index in [0.717, 1.165) is 57.3 Å². The van der Waals surface area contributed by atoms with Gasteiger partial charge in [-0.2, -0.15) is 0 Å². The third-order valence-corrected chi connectivity index (χ3v) is 8.50. The Morgan fingerprint density at radius 2 is 1.83 bits per heavy atom. The fraction of sp³-hybridized carbons (Fsp3) is 0.310. The molecule has 5 nitrogen and oxygen atoms in total. The van der Waals surface area contributed by atoms with Gasteiger partial charge in [-0.25, -0.2) is 9.79 Å². The number of thiophene rings is 1. The Bertz CT molecular complexity index is 1440. The number of thiazole rings is 1. The number of fused-ring (bicyclic) bond motifs is 1. The lowest BCUT2D eigenvalue weighted by Gasteiger charge is -2.12. The summed E-state index contributed by atoms with van der Waals surface area (Å²) in [6.07, 6.45) is 2.99. The fourth-order valence-corrected chi connectivity index (χ4v) is 6.80. The third kappa shape index (κ3) is 4.65. The minimum absolute atomic E-state index is 0.271. The molecule has 0 unspecified atom stereocenters. The number of aromatic nitrogens is 1. The molecule has 4 aromatic rings. The van der Waals surface area contributed by atoms with E-state index < -0.39 is 0 Å². The predicted molar refractivity (Wildman–Crippen MR) is 147 cm³/mol. The lowest BCUT2D eigenvalue weighted by molar-refractivity contribution is 0.0526. The standard InChI is InChI=1S/C29H30N2O3S2/c1-5-34-28(32)26-23-7-6-8-25(23)36-27(26)30-29-31(21-13-15-22(33-4)16-14-21)24(17-35-29)20-11-9-19(10-12-20)18(2)3/h9-18H,5-8H2,1-4H3/b30-29-. The Morgan fingerprint density at radius 1 is 1.08 bits per heavy atom. The molecule has 0 radical (unpaired) electrons. The lowest BCUT2D eigenvalue weighted by atomic mass is 10.0. The summed E-state index contributed by atoms with van der Waals surface area (Å²) in [4.78, 5) is 20.1. The normalized spacial score (nSPS) is 13.3. The summed E-state index contributed by atoms with van der Waals surface area (Å²) in [7, 11) is 1.67. The van der Waals surface area contributed by atoms with Crippen molar-refractivity contribution in [3.8, 4) is 22.7 Å². The molecule has 2 heterocycles. The fourth-order valence-electron chi connectivity index (χ4n) is 4.58. The van der Waals surface area contributed by atoms with Crippen molar-refractivity contribution in [1.82, 2.24) is 4.57 Å². The van der Waals surface area contributed by atoms with Gasteiger partial charge in [0.25, 0.3) is 0 Å². The van der Waals surface area contributed by atoms with Crippen molar-refractivity contribution < 1.29 is 14.3 Å². The van der Waals surface area contributed by atoms with E-state index in [4.69, 9.17) is 14.5 Å². The Balaban J connectivity index is 1.69. The number of nitrogens with zero attached hydrogens (tertiary/aromatic N) is 2. The number of carbonyl (C=O) groups excluding carboxylic acids is 1. The van der Waals surface area contributed by atoms with Gasteiger partial charge in [0.2, 0.25) is 0 Å². The smallest absolute Gasteiger partial charge is 0.341 e. The van der Waals surface area contributed by atoms with Gasteiger partial charge in [-0.1, -0.05) is 38.1 Å². The Kier molecular flexibility index (Phi) is 7.12. The topological polar surface area (TPSA) is 52.8 Å². The van der Waals surface area contributed by atoms with Crippen molar-refractivity contribution in [2.24, 2.45) is 4.99 Å². The first kappa shape index (κ1) is 24.5. The van der Waals surface area contributed by atoms with Crippen LogP contribution in [0.15, 0.2) is 58.9 Å². The monoisotopic (exact) mass is 518 g/mol. The molecule has 0 fully saturated rings. The van der Waals surface area contributed by atoms with Gasteiger partial charge in [0.05, 0.1) is 25.0 Å². The molecule has 7 heteroatoms. The molecule has 0 saturated heterocycles. The molecule has 36 heavy (non-hydrogen) atoms. The highest BCUT2D eigenvalue weighted by Gasteiger charge is 2.27. The van der Waals surface area contributed by atoms with Gasteiger partial charge in [0.15, 0.2) is 4.80 Å². The van der Waals surface area contributed by atoms with E-state index in [1.54, 1.807) is 29.8 Å². The maximum Gasteiger partial charge on any atom is 0.341 e. The van der Waals surface area contributed by atoms with Crippen LogP contribution in [0, 0.1) is 0 Å². The number of hydrogen-bond acceptors (Lipinski definition) is 6. The number of ether oxygens (including phenoxy) is 2. The van der Waals surface area contributed by atoms with Crippen LogP contribution in [0.25, 0.3) is 16.9 Å². The highest BCUT2D eigenvalue weighted by Crippen LogP contribution is 2.41. The molecule has 1 aliphatic rings. The molecule has 2 aromatic heterocycles. The van der Waals surface area contributed by atoms with Crippen LogP contribution < -0.4 is 9.54 Å². The van der Waals surface area contributed by atoms with Crippen LogP contribution in [-0.2, 0) is 17.6 Å². The molecular formula is C29H30N2O3S2. The van der Waals surface area contributed by atoms with Crippen LogP contribution in [0.2, 0.25) is 0 Å². The number of esters is 1. The van der Waals surface area contributed by atoms with Crippen LogP contribution in [0.5, 0.6) is 5.75 Å². The van der Waals surface area contributed by atoms with Crippen molar-refractivity contribution in [3.63, 3.8) is 0 Å². The van der Waals surface area contributed by atoms with Gasteiger partial charge in [-0.05, 0) is 73.1 Å². The molecule has 0 bridgehead atoms. The second kappa shape index (κ2) is 10.4. The second-order valence-corrected chi connectivity index (χ2v) is 11.0. The Hall–Kier alpha value is -3.16. The first-order valence-corrected chi connectivity index (χ1v) is 14.0. The minimum Gasteiger partial charge on any atom is -0.497 e. The van der Waals surface area contributed by atoms with Crippen molar-refractivity contribution in [3.05, 3.63) is 80.3 Å². The summed E-state index contributed by atoms with van der Waals surface area (Å²) >= 11 is 3.20. The highest BCUT2D eigenvalue weighted by molar-refractivity contribution is 7.16. The van der Waals surface area contributed by atoms with E-state index in [2.05, 4.69) is 48.1 Å². The van der Waals surface area contributed by atoms with Gasteiger partial charge in [-0.3, -0.25) is 4.57 Å². The number of rotatable bonds is 7. The van der Waals surface area contributed by atoms with E-state index in [1.807, 2.05) is 31.2 Å². The maximum atomic E-state index is 12.9. The van der Waals surface area contributed by atoms with Crippen LogP contribution >= 0.6 is 22.7 Å². The predicted octanol–water partition coefficient (Wildman–Crippen LogP) is 7.30. The maximum absolute atomic E-state index is 12.9. The zero-order valence-corrected chi connectivity index (χ0v) is 22.7. The van der Waals surface area contributed by atoms with Crippen LogP contribution in [0.1, 0.15) is 59.5 Å². The van der Waals surface area contributed by atoms with Gasteiger partial charge in [0.1, 0.15) is 10.8 Å². The van der Waals surface area contributed by atoms with E-state index in [-0.39, 0.29) is 5.97 Å². The van der Waals surface area contributed by atoms with Gasteiger partial charge in [-0.15, -0.1) is 22.7 Å². The highest BCUT2D eigenvalue weighted by atomic mass is 32.1. The Morgan fingerprint density at radius 3 is 2.50 bits per heavy atom. The average molecular weight is 519 g/mol. The Labute approximate surface area is 219 Å². The van der Waals surface area contributed by atoms with E-state index in [0.29, 0.717) is 18.1 Å². The van der Waals surface area contributed by atoms with Crippen LogP contribution in [-0.4, -0.2) is 24.3 Å². The molecule has 0 saturated carbocycles. The van der Waals surface area contributed by atoms with Crippen LogP contribution in [0.3, 0.4) is 0 Å². The first-order chi connectivity index (χ1) is 17.5. The molecule has 2 aromatic carbocycles. The third-order valence-electron chi connectivity index (χ3n) is 6.49. The number of carbonyl (C=O) groups is 1. The zero-order chi connectivity index (χ0) is 25.2. The van der Waals surface area contributed by atoms with E-state index in [1.165, 1.54) is 10.4 Å².